The Morgan fingerprint density at radius 2 is 1.93 bits per heavy atom. The van der Waals surface area contributed by atoms with Gasteiger partial charge in [0.25, 0.3) is 0 Å². The number of aromatic nitrogens is 3. The third-order valence-corrected chi connectivity index (χ3v) is 5.05. The second-order valence-electron chi connectivity index (χ2n) is 5.56. The maximum absolute atomic E-state index is 5.39. The van der Waals surface area contributed by atoms with Gasteiger partial charge in [-0.15, -0.1) is 10.2 Å². The van der Waals surface area contributed by atoms with E-state index < -0.39 is 0 Å². The molecule has 0 aliphatic heterocycles. The SMILES string of the molecule is COc1cc(/C=N\n2c(Cc3ccccc3)nnc2SC)cc(Br)c1OC. The van der Waals surface area contributed by atoms with Gasteiger partial charge in [0.05, 0.1) is 24.9 Å². The van der Waals surface area contributed by atoms with Crippen LogP contribution >= 0.6 is 27.7 Å². The minimum atomic E-state index is 0.631. The lowest BCUT2D eigenvalue weighted by molar-refractivity contribution is 0.353. The zero-order chi connectivity index (χ0) is 19.2. The van der Waals surface area contributed by atoms with Gasteiger partial charge in [-0.2, -0.15) is 9.78 Å². The van der Waals surface area contributed by atoms with Crippen LogP contribution in [-0.4, -0.2) is 41.6 Å². The molecule has 0 amide bonds. The zero-order valence-electron chi connectivity index (χ0n) is 15.2. The molecular formula is C19H19BrN4O2S. The molecule has 6 nitrogen and oxygen atoms in total. The number of hydrogen-bond donors (Lipinski definition) is 0. The Kier molecular flexibility index (Phi) is 6.52. The molecule has 1 heterocycles. The van der Waals surface area contributed by atoms with E-state index in [0.29, 0.717) is 17.9 Å². The first-order valence-corrected chi connectivity index (χ1v) is 10.2. The van der Waals surface area contributed by atoms with E-state index in [1.807, 2.05) is 36.6 Å². The summed E-state index contributed by atoms with van der Waals surface area (Å²) in [5, 5.41) is 13.9. The van der Waals surface area contributed by atoms with E-state index in [4.69, 9.17) is 9.47 Å². The number of methoxy groups -OCH3 is 2. The highest BCUT2D eigenvalue weighted by atomic mass is 79.9. The van der Waals surface area contributed by atoms with Crippen molar-refractivity contribution in [2.45, 2.75) is 11.6 Å². The summed E-state index contributed by atoms with van der Waals surface area (Å²) in [6.45, 7) is 0. The predicted molar refractivity (Wildman–Crippen MR) is 111 cm³/mol. The number of thioether (sulfide) groups is 1. The summed E-state index contributed by atoms with van der Waals surface area (Å²) in [7, 11) is 3.21. The van der Waals surface area contributed by atoms with Gasteiger partial charge >= 0.3 is 0 Å². The number of rotatable bonds is 7. The molecule has 27 heavy (non-hydrogen) atoms. The third kappa shape index (κ3) is 4.51. The van der Waals surface area contributed by atoms with E-state index in [-0.39, 0.29) is 0 Å². The average Bonchev–Trinajstić information content (AvgIpc) is 3.08. The van der Waals surface area contributed by atoms with Crippen molar-refractivity contribution in [2.75, 3.05) is 20.5 Å². The Morgan fingerprint density at radius 1 is 1.15 bits per heavy atom. The summed E-state index contributed by atoms with van der Waals surface area (Å²) in [5.41, 5.74) is 2.02. The molecule has 0 bridgehead atoms. The van der Waals surface area contributed by atoms with Crippen molar-refractivity contribution in [1.29, 1.82) is 0 Å². The van der Waals surface area contributed by atoms with Gasteiger partial charge in [-0.05, 0) is 45.4 Å². The Balaban J connectivity index is 1.93. The summed E-state index contributed by atoms with van der Waals surface area (Å²) in [6, 6.07) is 13.9. The fraction of sp³-hybridized carbons (Fsp3) is 0.211. The van der Waals surface area contributed by atoms with Gasteiger partial charge in [0.2, 0.25) is 5.16 Å². The Hall–Kier alpha value is -2.32. The van der Waals surface area contributed by atoms with Gasteiger partial charge < -0.3 is 9.47 Å². The molecule has 0 N–H and O–H groups in total. The molecule has 0 aliphatic rings. The fourth-order valence-electron chi connectivity index (χ4n) is 2.56. The molecule has 0 aliphatic carbocycles. The second kappa shape index (κ2) is 9.05. The first-order valence-electron chi connectivity index (χ1n) is 8.14. The molecule has 2 aromatic carbocycles. The van der Waals surface area contributed by atoms with Crippen molar-refractivity contribution < 1.29 is 9.47 Å². The number of ether oxygens (including phenoxy) is 2. The fourth-order valence-corrected chi connectivity index (χ4v) is 3.63. The van der Waals surface area contributed by atoms with Crippen LogP contribution in [0.25, 0.3) is 0 Å². The van der Waals surface area contributed by atoms with Gasteiger partial charge in [-0.1, -0.05) is 42.1 Å². The van der Waals surface area contributed by atoms with Crippen molar-refractivity contribution in [3.63, 3.8) is 0 Å². The molecule has 0 radical (unpaired) electrons. The van der Waals surface area contributed by atoms with E-state index >= 15 is 0 Å². The minimum absolute atomic E-state index is 0.631. The average molecular weight is 447 g/mol. The molecule has 3 rings (SSSR count). The smallest absolute Gasteiger partial charge is 0.211 e. The van der Waals surface area contributed by atoms with Crippen molar-refractivity contribution in [3.05, 3.63) is 63.9 Å². The van der Waals surface area contributed by atoms with E-state index in [9.17, 15) is 0 Å². The van der Waals surface area contributed by atoms with Crippen molar-refractivity contribution in [1.82, 2.24) is 14.9 Å². The largest absolute Gasteiger partial charge is 0.493 e. The third-order valence-electron chi connectivity index (χ3n) is 3.84. The van der Waals surface area contributed by atoms with Crippen LogP contribution in [0.5, 0.6) is 11.5 Å². The Labute approximate surface area is 170 Å². The van der Waals surface area contributed by atoms with Gasteiger partial charge in [-0.3, -0.25) is 0 Å². The van der Waals surface area contributed by atoms with Crippen LogP contribution in [-0.2, 0) is 6.42 Å². The van der Waals surface area contributed by atoms with Gasteiger partial charge in [-0.25, -0.2) is 0 Å². The quantitative estimate of drug-likeness (QED) is 0.400. The van der Waals surface area contributed by atoms with Crippen LogP contribution < -0.4 is 9.47 Å². The molecule has 0 fully saturated rings. The monoisotopic (exact) mass is 446 g/mol. The van der Waals surface area contributed by atoms with Gasteiger partial charge in [0.15, 0.2) is 17.3 Å². The van der Waals surface area contributed by atoms with Crippen LogP contribution in [0.3, 0.4) is 0 Å². The van der Waals surface area contributed by atoms with Crippen molar-refractivity contribution in [3.8, 4) is 11.5 Å². The molecule has 0 unspecified atom stereocenters. The lowest BCUT2D eigenvalue weighted by atomic mass is 10.1. The van der Waals surface area contributed by atoms with E-state index in [1.54, 1.807) is 25.1 Å². The van der Waals surface area contributed by atoms with Crippen LogP contribution in [0, 0.1) is 0 Å². The van der Waals surface area contributed by atoms with Crippen LogP contribution in [0.15, 0.2) is 57.2 Å². The maximum atomic E-state index is 5.39. The summed E-state index contributed by atoms with van der Waals surface area (Å²) in [4.78, 5) is 0. The molecule has 8 heteroatoms. The van der Waals surface area contributed by atoms with Crippen LogP contribution in [0.4, 0.5) is 0 Å². The Morgan fingerprint density at radius 3 is 2.59 bits per heavy atom. The topological polar surface area (TPSA) is 61.5 Å². The number of hydrogen-bond acceptors (Lipinski definition) is 6. The van der Waals surface area contributed by atoms with E-state index in [1.165, 1.54) is 11.8 Å². The van der Waals surface area contributed by atoms with Crippen LogP contribution in [0.2, 0.25) is 0 Å². The molecule has 0 saturated carbocycles. The summed E-state index contributed by atoms with van der Waals surface area (Å²) < 4.78 is 13.3. The van der Waals surface area contributed by atoms with E-state index in [0.717, 1.165) is 26.6 Å². The molecule has 0 atom stereocenters. The van der Waals surface area contributed by atoms with Crippen LogP contribution in [0.1, 0.15) is 17.0 Å². The summed E-state index contributed by atoms with van der Waals surface area (Å²) in [6.07, 6.45) is 4.36. The van der Waals surface area contributed by atoms with E-state index in [2.05, 4.69) is 43.4 Å². The molecule has 1 aromatic heterocycles. The molecule has 0 saturated heterocycles. The second-order valence-corrected chi connectivity index (χ2v) is 7.19. The maximum Gasteiger partial charge on any atom is 0.211 e. The summed E-state index contributed by atoms with van der Waals surface area (Å²) >= 11 is 5.00. The number of benzene rings is 2. The lowest BCUT2D eigenvalue weighted by Crippen LogP contribution is -2.01. The molecule has 3 aromatic rings. The summed E-state index contributed by atoms with van der Waals surface area (Å²) in [5.74, 6) is 2.06. The highest BCUT2D eigenvalue weighted by Crippen LogP contribution is 2.35. The highest BCUT2D eigenvalue weighted by molar-refractivity contribution is 9.10. The zero-order valence-corrected chi connectivity index (χ0v) is 17.6. The predicted octanol–water partition coefficient (Wildman–Crippen LogP) is 4.25. The molecule has 0 spiro atoms. The number of halogens is 1. The first-order chi connectivity index (χ1) is 13.2. The normalized spacial score (nSPS) is 11.1. The van der Waals surface area contributed by atoms with Crippen molar-refractivity contribution >= 4 is 33.9 Å². The minimum Gasteiger partial charge on any atom is -0.493 e. The van der Waals surface area contributed by atoms with Crippen molar-refractivity contribution in [2.24, 2.45) is 5.10 Å². The standard InChI is InChI=1S/C19H19BrN4O2S/c1-25-16-10-14(9-15(20)18(16)26-2)12-21-24-17(22-23-19(24)27-3)11-13-7-5-4-6-8-13/h4-10,12H,11H2,1-3H3/b21-12-. The highest BCUT2D eigenvalue weighted by Gasteiger charge is 2.12. The number of nitrogens with zero attached hydrogens (tertiary/aromatic N) is 4. The Bertz CT molecular complexity index is 944. The first kappa shape index (κ1) is 19.4. The molecular weight excluding hydrogens is 428 g/mol. The van der Waals surface area contributed by atoms with Gasteiger partial charge in [0, 0.05) is 6.42 Å². The van der Waals surface area contributed by atoms with Gasteiger partial charge in [0.1, 0.15) is 0 Å². The lowest BCUT2D eigenvalue weighted by Gasteiger charge is -2.10. The molecule has 140 valence electrons.